The van der Waals surface area contributed by atoms with Crippen LogP contribution >= 0.6 is 0 Å². The van der Waals surface area contributed by atoms with Crippen LogP contribution in [-0.4, -0.2) is 82.2 Å². The lowest BCUT2D eigenvalue weighted by Crippen LogP contribution is -2.56. The molecule has 6 aliphatic heterocycles. The van der Waals surface area contributed by atoms with Gasteiger partial charge in [-0.2, -0.15) is 9.97 Å². The maximum atomic E-state index is 7.76. The molecule has 3 aromatic heterocycles. The van der Waals surface area contributed by atoms with Crippen LogP contribution in [0.5, 0.6) is 23.3 Å². The van der Waals surface area contributed by atoms with Crippen LogP contribution < -0.4 is 18.9 Å². The molecule has 0 N–H and O–H groups in total. The van der Waals surface area contributed by atoms with Gasteiger partial charge in [0.2, 0.25) is 11.8 Å². The Labute approximate surface area is 388 Å². The molecule has 0 radical (unpaired) electrons. The Morgan fingerprint density at radius 2 is 1.05 bits per heavy atom. The van der Waals surface area contributed by atoms with Crippen molar-refractivity contribution in [3.63, 3.8) is 0 Å². The quantitative estimate of drug-likeness (QED) is 0.105. The van der Waals surface area contributed by atoms with Gasteiger partial charge in [-0.15, -0.1) is 0 Å². The fourth-order valence-corrected chi connectivity index (χ4v) is 12.1. The number of nitrogens with zero attached hydrogens (tertiary/aromatic N) is 6. The minimum absolute atomic E-state index is 0.106. The maximum absolute atomic E-state index is 7.76. The zero-order chi connectivity index (χ0) is 44.7. The molecule has 4 aromatic carbocycles. The third-order valence-electron chi connectivity index (χ3n) is 15.6. The van der Waals surface area contributed by atoms with E-state index in [1.165, 1.54) is 25.7 Å². The number of piperidine rings is 6. The molecule has 0 amide bonds. The van der Waals surface area contributed by atoms with E-state index in [4.69, 9.17) is 38.9 Å². The van der Waals surface area contributed by atoms with E-state index < -0.39 is 12.2 Å². The van der Waals surface area contributed by atoms with E-state index in [1.807, 2.05) is 54.9 Å². The molecule has 8 unspecified atom stereocenters. The van der Waals surface area contributed by atoms with E-state index in [1.54, 1.807) is 14.2 Å². The molecule has 66 heavy (non-hydrogen) atoms. The van der Waals surface area contributed by atoms with Crippen LogP contribution in [0.3, 0.4) is 0 Å². The van der Waals surface area contributed by atoms with Crippen LogP contribution in [0.15, 0.2) is 122 Å². The van der Waals surface area contributed by atoms with Gasteiger partial charge in [-0.3, -0.25) is 19.8 Å². The molecule has 10 nitrogen and oxygen atoms in total. The number of hydrogen-bond donors (Lipinski definition) is 0. The number of pyridine rings is 2. The zero-order valence-electron chi connectivity index (χ0n) is 38.6. The lowest BCUT2D eigenvalue weighted by atomic mass is 9.72. The average Bonchev–Trinajstić information content (AvgIpc) is 3.39. The first-order chi connectivity index (χ1) is 32.5. The summed E-state index contributed by atoms with van der Waals surface area (Å²) in [6, 6.07) is 37.4. The summed E-state index contributed by atoms with van der Waals surface area (Å²) >= 11 is 0. The molecule has 9 heterocycles. The largest absolute Gasteiger partial charge is 0.497 e. The highest BCUT2D eigenvalue weighted by molar-refractivity contribution is 5.85. The van der Waals surface area contributed by atoms with Gasteiger partial charge >= 0.3 is 0 Å². The Hall–Kier alpha value is -6.10. The second-order valence-corrected chi connectivity index (χ2v) is 18.9. The summed E-state index contributed by atoms with van der Waals surface area (Å²) in [5, 5.41) is 2.02. The first-order valence-electron chi connectivity index (χ1n) is 24.2. The molecule has 0 saturated carbocycles. The molecule has 7 aromatic rings. The first kappa shape index (κ1) is 42.5. The number of benzene rings is 4. The van der Waals surface area contributed by atoms with Crippen molar-refractivity contribution in [2.24, 2.45) is 23.7 Å². The predicted octanol–water partition coefficient (Wildman–Crippen LogP) is 11.4. The van der Waals surface area contributed by atoms with Gasteiger partial charge in [-0.1, -0.05) is 87.4 Å². The summed E-state index contributed by atoms with van der Waals surface area (Å²) in [5.74, 6) is 5.70. The number of ether oxygens (including phenoxy) is 4. The molecular formula is C56H60N6O4. The standard InChI is InChI=1S/C56H60N6O4/c1-5-35-33-61-27-23-39(35)29-49(61)52(43-21-25-57-47-19-17-41(63-3)31-45(43)47)65-55-51(37-13-9-7-10-14-37)56(60-54(59-55)38-15-11-8-12-16-38)66-53(50-30-40-24-28-62(50)34-36(40)6-2)44-22-26-58-48-20-18-42(64-4)32-46(44)48/h7-22,25-26,31-32,35-36,39-40,49-50,52-53H,5-6,23-24,27-30,33-34H2,1-4H3/t35?,36?,39?,40?,49?,50?,52-,53-/m0/s1. The fourth-order valence-electron chi connectivity index (χ4n) is 12.1. The fraction of sp³-hybridized carbons (Fsp3) is 0.393. The van der Waals surface area contributed by atoms with Gasteiger partial charge in [0.15, 0.2) is 5.82 Å². The van der Waals surface area contributed by atoms with Crippen molar-refractivity contribution in [2.75, 3.05) is 40.4 Å². The van der Waals surface area contributed by atoms with E-state index >= 15 is 0 Å². The van der Waals surface area contributed by atoms with Gasteiger partial charge in [0.1, 0.15) is 29.3 Å². The first-order valence-corrected chi connectivity index (χ1v) is 24.2. The number of aromatic nitrogens is 4. The molecule has 0 aliphatic carbocycles. The Balaban J connectivity index is 1.13. The molecular weight excluding hydrogens is 821 g/mol. The SMILES string of the molecule is CCC1CN2CCC1CC2[C@@H](Oc1nc(-c2ccccc2)nc(O[C@@H](c2ccnc3ccc(OC)cc23)C2CC3CCN2CC3CC)c1-c1ccccc1)c1ccnc2ccc(OC)cc12. The number of fused-ring (bicyclic) bond motifs is 8. The predicted molar refractivity (Wildman–Crippen MR) is 260 cm³/mol. The minimum atomic E-state index is -0.393. The minimum Gasteiger partial charge on any atom is -0.497 e. The molecule has 6 saturated heterocycles. The highest BCUT2D eigenvalue weighted by Crippen LogP contribution is 2.50. The Morgan fingerprint density at radius 3 is 1.47 bits per heavy atom. The van der Waals surface area contributed by atoms with Gasteiger partial charge in [0.25, 0.3) is 0 Å². The smallest absolute Gasteiger partial charge is 0.229 e. The summed E-state index contributed by atoms with van der Waals surface area (Å²) in [7, 11) is 3.44. The molecule has 0 spiro atoms. The van der Waals surface area contributed by atoms with Crippen molar-refractivity contribution in [3.8, 4) is 45.8 Å². The highest BCUT2D eigenvalue weighted by Gasteiger charge is 2.47. The van der Waals surface area contributed by atoms with E-state index in [9.17, 15) is 0 Å². The summed E-state index contributed by atoms with van der Waals surface area (Å²) in [6.07, 6.45) is 9.90. The van der Waals surface area contributed by atoms with Gasteiger partial charge in [-0.05, 0) is 117 Å². The van der Waals surface area contributed by atoms with E-state index in [2.05, 4.69) is 90.4 Å². The number of hydrogen-bond acceptors (Lipinski definition) is 10. The van der Waals surface area contributed by atoms with E-state index in [-0.39, 0.29) is 12.1 Å². The van der Waals surface area contributed by atoms with Gasteiger partial charge in [-0.25, -0.2) is 0 Å². The molecule has 6 aliphatic rings. The van der Waals surface area contributed by atoms with Crippen molar-refractivity contribution >= 4 is 21.8 Å². The Bertz CT molecular complexity index is 2680. The Kier molecular flexibility index (Phi) is 11.8. The summed E-state index contributed by atoms with van der Waals surface area (Å²) < 4.78 is 27.2. The summed E-state index contributed by atoms with van der Waals surface area (Å²) in [5.41, 5.74) is 6.48. The second kappa shape index (κ2) is 18.3. The van der Waals surface area contributed by atoms with Crippen molar-refractivity contribution < 1.29 is 18.9 Å². The van der Waals surface area contributed by atoms with Gasteiger partial charge in [0, 0.05) is 52.9 Å². The van der Waals surface area contributed by atoms with Crippen molar-refractivity contribution in [1.29, 1.82) is 0 Å². The summed E-state index contributed by atoms with van der Waals surface area (Å²) in [6.45, 7) is 8.88. The van der Waals surface area contributed by atoms with Crippen LogP contribution in [0.25, 0.3) is 44.3 Å². The van der Waals surface area contributed by atoms with Gasteiger partial charge in [0.05, 0.1) is 37.3 Å². The molecule has 6 fully saturated rings. The van der Waals surface area contributed by atoms with Crippen LogP contribution in [0.2, 0.25) is 0 Å². The molecule has 13 rings (SSSR count). The second-order valence-electron chi connectivity index (χ2n) is 18.9. The molecule has 10 atom stereocenters. The highest BCUT2D eigenvalue weighted by atomic mass is 16.5. The average molecular weight is 881 g/mol. The van der Waals surface area contributed by atoms with Crippen molar-refractivity contribution in [1.82, 2.24) is 29.7 Å². The monoisotopic (exact) mass is 880 g/mol. The Morgan fingerprint density at radius 1 is 0.576 bits per heavy atom. The zero-order valence-corrected chi connectivity index (χ0v) is 38.6. The van der Waals surface area contributed by atoms with Crippen LogP contribution in [-0.2, 0) is 0 Å². The molecule has 10 heteroatoms. The normalized spacial score (nSPS) is 25.4. The van der Waals surface area contributed by atoms with Crippen LogP contribution in [0.1, 0.15) is 75.7 Å². The number of rotatable bonds is 14. The lowest BCUT2D eigenvalue weighted by molar-refractivity contribution is -0.0510. The van der Waals surface area contributed by atoms with Crippen LogP contribution in [0.4, 0.5) is 0 Å². The van der Waals surface area contributed by atoms with Crippen molar-refractivity contribution in [3.05, 3.63) is 133 Å². The third-order valence-corrected chi connectivity index (χ3v) is 15.6. The number of methoxy groups -OCH3 is 2. The third kappa shape index (κ3) is 7.91. The van der Waals surface area contributed by atoms with Crippen molar-refractivity contribution in [2.45, 2.75) is 76.7 Å². The topological polar surface area (TPSA) is 95.0 Å². The summed E-state index contributed by atoms with van der Waals surface area (Å²) in [4.78, 5) is 26.0. The maximum Gasteiger partial charge on any atom is 0.229 e. The molecule has 338 valence electrons. The molecule has 4 bridgehead atoms. The lowest BCUT2D eigenvalue weighted by Gasteiger charge is -2.52. The van der Waals surface area contributed by atoms with Crippen LogP contribution in [0, 0.1) is 23.7 Å². The van der Waals surface area contributed by atoms with E-state index in [0.717, 1.165) is 100 Å². The van der Waals surface area contributed by atoms with E-state index in [0.29, 0.717) is 41.3 Å². The van der Waals surface area contributed by atoms with Gasteiger partial charge < -0.3 is 18.9 Å².